The number of ether oxygens (including phenoxy) is 2. The lowest BCUT2D eigenvalue weighted by atomic mass is 9.92. The second-order valence-corrected chi connectivity index (χ2v) is 4.61. The summed E-state index contributed by atoms with van der Waals surface area (Å²) >= 11 is 0. The number of esters is 2. The fourth-order valence-corrected chi connectivity index (χ4v) is 2.00. The highest BCUT2D eigenvalue weighted by Gasteiger charge is 2.36. The molecule has 0 spiro atoms. The maximum absolute atomic E-state index is 11.7. The molecule has 0 bridgehead atoms. The summed E-state index contributed by atoms with van der Waals surface area (Å²) in [6.07, 6.45) is 2.96. The highest BCUT2D eigenvalue weighted by atomic mass is 16.6. The highest BCUT2D eigenvalue weighted by molar-refractivity contribution is 5.94. The van der Waals surface area contributed by atoms with Crippen molar-refractivity contribution in [3.63, 3.8) is 0 Å². The molecule has 98 valence electrons. The lowest BCUT2D eigenvalue weighted by Crippen LogP contribution is -2.30. The Balaban J connectivity index is 2.56. The van der Waals surface area contributed by atoms with Gasteiger partial charge in [0.1, 0.15) is 0 Å². The third-order valence-corrected chi connectivity index (χ3v) is 3.18. The third-order valence-electron chi connectivity index (χ3n) is 3.18. The van der Waals surface area contributed by atoms with Crippen molar-refractivity contribution >= 4 is 11.9 Å². The summed E-state index contributed by atoms with van der Waals surface area (Å²) in [4.78, 5) is 23.4. The number of rotatable bonds is 7. The zero-order valence-electron chi connectivity index (χ0n) is 10.9. The van der Waals surface area contributed by atoms with Gasteiger partial charge in [0.2, 0.25) is 0 Å². The summed E-state index contributed by atoms with van der Waals surface area (Å²) in [5, 5.41) is 0. The first kappa shape index (κ1) is 14.0. The lowest BCUT2D eigenvalue weighted by molar-refractivity contribution is -0.162. The summed E-state index contributed by atoms with van der Waals surface area (Å²) < 4.78 is 9.87. The van der Waals surface area contributed by atoms with Crippen LogP contribution in [-0.4, -0.2) is 25.2 Å². The van der Waals surface area contributed by atoms with Crippen LogP contribution in [-0.2, 0) is 19.1 Å². The molecule has 1 aliphatic carbocycles. The summed E-state index contributed by atoms with van der Waals surface area (Å²) in [5.41, 5.74) is 0. The van der Waals surface area contributed by atoms with Crippen molar-refractivity contribution in [3.05, 3.63) is 0 Å². The van der Waals surface area contributed by atoms with Crippen LogP contribution >= 0.6 is 0 Å². The summed E-state index contributed by atoms with van der Waals surface area (Å²) in [7, 11) is 0. The predicted octanol–water partition coefficient (Wildman–Crippen LogP) is 2.17. The molecule has 1 saturated carbocycles. The Labute approximate surface area is 103 Å². The fourth-order valence-electron chi connectivity index (χ4n) is 2.00. The van der Waals surface area contributed by atoms with Crippen LogP contribution in [0.2, 0.25) is 0 Å². The molecule has 1 atom stereocenters. The van der Waals surface area contributed by atoms with Gasteiger partial charge in [-0.25, -0.2) is 0 Å². The van der Waals surface area contributed by atoms with Crippen LogP contribution in [0.1, 0.15) is 40.0 Å². The van der Waals surface area contributed by atoms with E-state index in [2.05, 4.69) is 6.92 Å². The zero-order valence-corrected chi connectivity index (χ0v) is 10.9. The van der Waals surface area contributed by atoms with Crippen molar-refractivity contribution < 1.29 is 19.1 Å². The van der Waals surface area contributed by atoms with E-state index in [1.165, 1.54) is 12.8 Å². The summed E-state index contributed by atoms with van der Waals surface area (Å²) in [5.74, 6) is -0.586. The van der Waals surface area contributed by atoms with Gasteiger partial charge in [-0.15, -0.1) is 0 Å². The summed E-state index contributed by atoms with van der Waals surface area (Å²) in [6.45, 7) is 6.16. The number of carbonyl (C=O) groups excluding carboxylic acids is 2. The lowest BCUT2D eigenvalue weighted by Gasteiger charge is -2.18. The van der Waals surface area contributed by atoms with E-state index in [1.807, 2.05) is 0 Å². The summed E-state index contributed by atoms with van der Waals surface area (Å²) in [6, 6.07) is 0. The van der Waals surface area contributed by atoms with Gasteiger partial charge in [-0.2, -0.15) is 0 Å². The fraction of sp³-hybridized carbons (Fsp3) is 0.846. The minimum Gasteiger partial charge on any atom is -0.465 e. The molecule has 4 nitrogen and oxygen atoms in total. The topological polar surface area (TPSA) is 52.6 Å². The Kier molecular flexibility index (Phi) is 5.45. The van der Waals surface area contributed by atoms with Gasteiger partial charge in [0.15, 0.2) is 5.92 Å². The molecular formula is C13H22O4. The van der Waals surface area contributed by atoms with Crippen LogP contribution < -0.4 is 0 Å². The maximum atomic E-state index is 11.7. The van der Waals surface area contributed by atoms with Crippen molar-refractivity contribution in [1.29, 1.82) is 0 Å². The van der Waals surface area contributed by atoms with Crippen LogP contribution in [0, 0.1) is 17.8 Å². The van der Waals surface area contributed by atoms with E-state index in [9.17, 15) is 9.59 Å². The molecule has 0 aromatic heterocycles. The van der Waals surface area contributed by atoms with E-state index in [4.69, 9.17) is 9.47 Å². The first-order valence-corrected chi connectivity index (χ1v) is 6.43. The van der Waals surface area contributed by atoms with Gasteiger partial charge in [0.05, 0.1) is 13.2 Å². The SMILES string of the molecule is CCOC(=O)C(CC(C)C1CC1)C(=O)OCC. The van der Waals surface area contributed by atoms with Gasteiger partial charge >= 0.3 is 11.9 Å². The molecule has 1 fully saturated rings. The molecule has 1 aliphatic rings. The van der Waals surface area contributed by atoms with Crippen molar-refractivity contribution in [3.8, 4) is 0 Å². The molecule has 4 heteroatoms. The standard InChI is InChI=1S/C13H22O4/c1-4-16-12(14)11(13(15)17-5-2)8-9(3)10-6-7-10/h9-11H,4-8H2,1-3H3. The van der Waals surface area contributed by atoms with Crippen LogP contribution in [0.4, 0.5) is 0 Å². The van der Waals surface area contributed by atoms with Gasteiger partial charge in [-0.05, 0) is 44.9 Å². The molecule has 0 aromatic rings. The second-order valence-electron chi connectivity index (χ2n) is 4.61. The minimum absolute atomic E-state index is 0.298. The van der Waals surface area contributed by atoms with Crippen molar-refractivity contribution in [2.75, 3.05) is 13.2 Å². The van der Waals surface area contributed by atoms with E-state index in [1.54, 1.807) is 13.8 Å². The molecule has 0 aliphatic heterocycles. The molecule has 17 heavy (non-hydrogen) atoms. The average molecular weight is 242 g/mol. The largest absolute Gasteiger partial charge is 0.465 e. The zero-order chi connectivity index (χ0) is 12.8. The first-order valence-electron chi connectivity index (χ1n) is 6.43. The number of carbonyl (C=O) groups is 2. The van der Waals surface area contributed by atoms with E-state index in [-0.39, 0.29) is 0 Å². The predicted molar refractivity (Wildman–Crippen MR) is 63.3 cm³/mol. The molecule has 0 heterocycles. The molecule has 0 aromatic carbocycles. The van der Waals surface area contributed by atoms with Crippen molar-refractivity contribution in [1.82, 2.24) is 0 Å². The molecule has 0 amide bonds. The van der Waals surface area contributed by atoms with E-state index in [0.29, 0.717) is 31.5 Å². The maximum Gasteiger partial charge on any atom is 0.320 e. The van der Waals surface area contributed by atoms with Crippen molar-refractivity contribution in [2.45, 2.75) is 40.0 Å². The third kappa shape index (κ3) is 4.36. The smallest absolute Gasteiger partial charge is 0.320 e. The highest BCUT2D eigenvalue weighted by Crippen LogP contribution is 2.39. The van der Waals surface area contributed by atoms with Gasteiger partial charge in [-0.3, -0.25) is 9.59 Å². The molecule has 1 unspecified atom stereocenters. The van der Waals surface area contributed by atoms with Crippen LogP contribution in [0.25, 0.3) is 0 Å². The van der Waals surface area contributed by atoms with Gasteiger partial charge < -0.3 is 9.47 Å². The molecule has 1 rings (SSSR count). The molecular weight excluding hydrogens is 220 g/mol. The van der Waals surface area contributed by atoms with Crippen LogP contribution in [0.15, 0.2) is 0 Å². The first-order chi connectivity index (χ1) is 8.10. The number of hydrogen-bond acceptors (Lipinski definition) is 4. The van der Waals surface area contributed by atoms with E-state index in [0.717, 1.165) is 0 Å². The van der Waals surface area contributed by atoms with E-state index >= 15 is 0 Å². The van der Waals surface area contributed by atoms with Gasteiger partial charge in [0.25, 0.3) is 0 Å². The van der Waals surface area contributed by atoms with Gasteiger partial charge in [-0.1, -0.05) is 6.92 Å². The van der Waals surface area contributed by atoms with Gasteiger partial charge in [0, 0.05) is 0 Å². The number of hydrogen-bond donors (Lipinski definition) is 0. The Morgan fingerprint density at radius 3 is 1.94 bits per heavy atom. The van der Waals surface area contributed by atoms with Crippen LogP contribution in [0.5, 0.6) is 0 Å². The minimum atomic E-state index is -0.745. The Morgan fingerprint density at radius 1 is 1.12 bits per heavy atom. The molecule has 0 radical (unpaired) electrons. The Hall–Kier alpha value is -1.06. The monoisotopic (exact) mass is 242 g/mol. The van der Waals surface area contributed by atoms with Crippen LogP contribution in [0.3, 0.4) is 0 Å². The Morgan fingerprint density at radius 2 is 1.59 bits per heavy atom. The quantitative estimate of drug-likeness (QED) is 0.507. The Bertz CT molecular complexity index is 253. The second kappa shape index (κ2) is 6.62. The normalized spacial score (nSPS) is 16.7. The molecule has 0 N–H and O–H groups in total. The van der Waals surface area contributed by atoms with Crippen molar-refractivity contribution in [2.24, 2.45) is 17.8 Å². The van der Waals surface area contributed by atoms with E-state index < -0.39 is 17.9 Å². The molecule has 0 saturated heterocycles. The average Bonchev–Trinajstić information content (AvgIpc) is 3.09.